The fourth-order valence-electron chi connectivity index (χ4n) is 4.27. The SMILES string of the molecule is C=C(F)/C(NC(=O)CS(=O)(=O)CC(F)(F)F)=C(F)\C(=C/C)NC(=O)c1cc(NC(=O)[C@H]2[C@H](c3ccc(Cl)c(Cl)c3)C2(Cl)Cl)ccc1Cl. The Balaban J connectivity index is 1.78. The van der Waals surface area contributed by atoms with Crippen LogP contribution in [0.1, 0.15) is 28.8 Å². The molecule has 0 bridgehead atoms. The summed E-state index contributed by atoms with van der Waals surface area (Å²) in [4.78, 5) is 38.2. The number of benzene rings is 2. The quantitative estimate of drug-likeness (QED) is 0.123. The van der Waals surface area contributed by atoms with E-state index in [1.807, 2.05) is 0 Å². The molecule has 8 nitrogen and oxygen atoms in total. The molecular weight excluding hydrogens is 763 g/mol. The lowest BCUT2D eigenvalue weighted by atomic mass is 10.1. The second-order valence-corrected chi connectivity index (χ2v) is 14.7. The van der Waals surface area contributed by atoms with Gasteiger partial charge in [-0.15, -0.1) is 23.2 Å². The van der Waals surface area contributed by atoms with Crippen LogP contribution in [0, 0.1) is 5.92 Å². The maximum Gasteiger partial charge on any atom is 0.402 e. The standard InChI is InChI=1S/C28H21Cl5F5N3O5S/c1-3-19(23(35)24(12(2)34)41-20(42)10-47(45,46)11-27(36,37)38)40-25(43)15-9-14(5-7-16(15)29)39-26(44)22-21(28(22,32)33)13-4-6-17(30)18(31)8-13/h3-9,21-22H,2,10-11H2,1H3,(H,39,44)(H,40,43)(H,41,42)/b19-3+,24-23-/t21-,22+/m0/s1. The van der Waals surface area contributed by atoms with Crippen LogP contribution in [0.15, 0.2) is 72.1 Å². The summed E-state index contributed by atoms with van der Waals surface area (Å²) in [5, 5.41) is 6.47. The highest BCUT2D eigenvalue weighted by Gasteiger charge is 2.67. The van der Waals surface area contributed by atoms with Crippen molar-refractivity contribution in [3.63, 3.8) is 0 Å². The number of allylic oxidation sites excluding steroid dienone is 3. The van der Waals surface area contributed by atoms with Gasteiger partial charge >= 0.3 is 6.18 Å². The minimum atomic E-state index is -5.16. The Bertz CT molecular complexity index is 1820. The Morgan fingerprint density at radius 3 is 2.15 bits per heavy atom. The Morgan fingerprint density at radius 1 is 0.979 bits per heavy atom. The van der Waals surface area contributed by atoms with E-state index in [9.17, 15) is 40.4 Å². The molecule has 0 heterocycles. The van der Waals surface area contributed by atoms with Gasteiger partial charge in [0.1, 0.15) is 27.4 Å². The number of sulfone groups is 1. The van der Waals surface area contributed by atoms with Gasteiger partial charge in [0.2, 0.25) is 11.8 Å². The molecular formula is C28H21Cl5F5N3O5S. The molecule has 254 valence electrons. The van der Waals surface area contributed by atoms with Gasteiger partial charge in [0.25, 0.3) is 5.91 Å². The van der Waals surface area contributed by atoms with E-state index in [-0.39, 0.29) is 26.3 Å². The maximum atomic E-state index is 15.3. The van der Waals surface area contributed by atoms with Crippen molar-refractivity contribution in [3.05, 3.63) is 98.3 Å². The van der Waals surface area contributed by atoms with Crippen molar-refractivity contribution in [1.82, 2.24) is 10.6 Å². The van der Waals surface area contributed by atoms with E-state index >= 15 is 4.39 Å². The molecule has 3 amide bonds. The van der Waals surface area contributed by atoms with Gasteiger partial charge in [0.15, 0.2) is 15.7 Å². The van der Waals surface area contributed by atoms with Crippen molar-refractivity contribution in [3.8, 4) is 0 Å². The first kappa shape index (κ1) is 38.6. The third-order valence-corrected chi connectivity index (χ3v) is 9.86. The van der Waals surface area contributed by atoms with Crippen LogP contribution in [0.25, 0.3) is 0 Å². The van der Waals surface area contributed by atoms with Crippen molar-refractivity contribution >= 4 is 91.3 Å². The highest BCUT2D eigenvalue weighted by atomic mass is 35.5. The van der Waals surface area contributed by atoms with Gasteiger partial charge in [-0.25, -0.2) is 17.2 Å². The van der Waals surface area contributed by atoms with E-state index in [4.69, 9.17) is 58.0 Å². The van der Waals surface area contributed by atoms with E-state index in [1.54, 1.807) is 6.07 Å². The van der Waals surface area contributed by atoms with Crippen LogP contribution in [0.5, 0.6) is 0 Å². The average Bonchev–Trinajstić information content (AvgIpc) is 3.52. The van der Waals surface area contributed by atoms with Crippen molar-refractivity contribution in [2.45, 2.75) is 23.4 Å². The molecule has 1 fully saturated rings. The monoisotopic (exact) mass is 781 g/mol. The number of hydrogen-bond acceptors (Lipinski definition) is 5. The van der Waals surface area contributed by atoms with Crippen LogP contribution in [0.2, 0.25) is 15.1 Å². The summed E-state index contributed by atoms with van der Waals surface area (Å²) >= 11 is 30.9. The molecule has 0 spiro atoms. The summed E-state index contributed by atoms with van der Waals surface area (Å²) in [5.74, 6) is -12.5. The first-order valence-electron chi connectivity index (χ1n) is 12.8. The zero-order chi connectivity index (χ0) is 35.6. The average molecular weight is 784 g/mol. The lowest BCUT2D eigenvalue weighted by molar-refractivity contribution is -0.118. The first-order valence-corrected chi connectivity index (χ1v) is 16.5. The van der Waals surface area contributed by atoms with Crippen LogP contribution in [0.4, 0.5) is 27.6 Å². The molecule has 0 aliphatic heterocycles. The minimum Gasteiger partial charge on any atom is -0.326 e. The predicted octanol–water partition coefficient (Wildman–Crippen LogP) is 7.56. The first-order chi connectivity index (χ1) is 21.6. The number of amides is 3. The number of alkyl halides is 5. The van der Waals surface area contributed by atoms with Gasteiger partial charge in [-0.2, -0.15) is 13.2 Å². The molecule has 1 aliphatic rings. The second-order valence-electron chi connectivity index (χ2n) is 9.93. The van der Waals surface area contributed by atoms with Crippen molar-refractivity contribution < 1.29 is 44.8 Å². The zero-order valence-electron chi connectivity index (χ0n) is 23.5. The summed E-state index contributed by atoms with van der Waals surface area (Å²) < 4.78 is 88.6. The number of carbonyl (C=O) groups excluding carboxylic acids is 3. The van der Waals surface area contributed by atoms with Gasteiger partial charge in [0, 0.05) is 11.6 Å². The molecule has 2 aromatic rings. The second kappa shape index (κ2) is 14.7. The smallest absolute Gasteiger partial charge is 0.326 e. The Labute approximate surface area is 289 Å². The van der Waals surface area contributed by atoms with Gasteiger partial charge in [-0.3, -0.25) is 14.4 Å². The van der Waals surface area contributed by atoms with E-state index in [0.29, 0.717) is 5.56 Å². The van der Waals surface area contributed by atoms with Crippen LogP contribution in [0.3, 0.4) is 0 Å². The van der Waals surface area contributed by atoms with Gasteiger partial charge < -0.3 is 16.0 Å². The minimum absolute atomic E-state index is 0.0386. The fraction of sp³-hybridized carbons (Fsp3) is 0.250. The number of halogens is 10. The molecule has 3 rings (SSSR count). The Hall–Kier alpha value is -2.88. The molecule has 2 aromatic carbocycles. The predicted molar refractivity (Wildman–Crippen MR) is 170 cm³/mol. The molecule has 47 heavy (non-hydrogen) atoms. The van der Waals surface area contributed by atoms with Gasteiger partial charge in [-0.1, -0.05) is 53.5 Å². The largest absolute Gasteiger partial charge is 0.402 e. The van der Waals surface area contributed by atoms with E-state index in [2.05, 4.69) is 17.2 Å². The molecule has 2 atom stereocenters. The number of nitrogens with one attached hydrogen (secondary N) is 3. The Morgan fingerprint density at radius 2 is 1.60 bits per heavy atom. The zero-order valence-corrected chi connectivity index (χ0v) is 28.1. The van der Waals surface area contributed by atoms with Crippen LogP contribution >= 0.6 is 58.0 Å². The Kier molecular flexibility index (Phi) is 12.1. The van der Waals surface area contributed by atoms with E-state index in [0.717, 1.165) is 12.1 Å². The summed E-state index contributed by atoms with van der Waals surface area (Å²) in [5.41, 5.74) is -1.87. The van der Waals surface area contributed by atoms with Crippen LogP contribution in [-0.2, 0) is 19.4 Å². The lowest BCUT2D eigenvalue weighted by Crippen LogP contribution is -2.35. The molecule has 1 aliphatic carbocycles. The van der Waals surface area contributed by atoms with Crippen LogP contribution < -0.4 is 16.0 Å². The van der Waals surface area contributed by atoms with Gasteiger partial charge in [0.05, 0.1) is 32.2 Å². The number of rotatable bonds is 11. The molecule has 0 unspecified atom stereocenters. The molecule has 0 radical (unpaired) electrons. The summed E-state index contributed by atoms with van der Waals surface area (Å²) in [7, 11) is -5.05. The highest BCUT2D eigenvalue weighted by molar-refractivity contribution is 7.92. The molecule has 19 heteroatoms. The summed E-state index contributed by atoms with van der Waals surface area (Å²) in [6.45, 7) is 4.00. The number of anilines is 1. The number of hydrogen-bond donors (Lipinski definition) is 3. The third-order valence-electron chi connectivity index (χ3n) is 6.38. The molecule has 0 saturated heterocycles. The summed E-state index contributed by atoms with van der Waals surface area (Å²) in [6, 6.07) is 8.32. The molecule has 0 aromatic heterocycles. The van der Waals surface area contributed by atoms with E-state index < -0.39 is 84.5 Å². The lowest BCUT2D eigenvalue weighted by Gasteiger charge is -2.14. The number of carbonyl (C=O) groups is 3. The van der Waals surface area contributed by atoms with Crippen molar-refractivity contribution in [2.75, 3.05) is 16.8 Å². The van der Waals surface area contributed by atoms with Crippen molar-refractivity contribution in [2.24, 2.45) is 5.92 Å². The highest BCUT2D eigenvalue weighted by Crippen LogP contribution is 2.65. The topological polar surface area (TPSA) is 121 Å². The normalized spacial score (nSPS) is 18.1. The van der Waals surface area contributed by atoms with E-state index in [1.165, 1.54) is 36.5 Å². The van der Waals surface area contributed by atoms with Crippen molar-refractivity contribution in [1.29, 1.82) is 0 Å². The van der Waals surface area contributed by atoms with Crippen LogP contribution in [-0.4, -0.2) is 48.2 Å². The molecule has 3 N–H and O–H groups in total. The maximum absolute atomic E-state index is 15.3. The van der Waals surface area contributed by atoms with Gasteiger partial charge in [-0.05, 0) is 42.8 Å². The molecule has 1 saturated carbocycles. The third kappa shape index (κ3) is 9.83. The fourth-order valence-corrected chi connectivity index (χ4v) is 6.68. The summed E-state index contributed by atoms with van der Waals surface area (Å²) in [6.07, 6.45) is -4.25.